The minimum atomic E-state index is -0.852. The van der Waals surface area contributed by atoms with E-state index in [4.69, 9.17) is 9.47 Å². The first-order valence-electron chi connectivity index (χ1n) is 9.45. The lowest BCUT2D eigenvalue weighted by atomic mass is 9.80. The van der Waals surface area contributed by atoms with Crippen LogP contribution in [-0.4, -0.2) is 62.7 Å². The van der Waals surface area contributed by atoms with Crippen LogP contribution < -0.4 is 5.32 Å². The Morgan fingerprint density at radius 1 is 1.13 bits per heavy atom. The van der Waals surface area contributed by atoms with Crippen LogP contribution in [0.5, 0.6) is 0 Å². The smallest absolute Gasteiger partial charge is 0.336 e. The van der Waals surface area contributed by atoms with Gasteiger partial charge in [-0.05, 0) is 19.4 Å². The van der Waals surface area contributed by atoms with Crippen LogP contribution in [0.1, 0.15) is 25.3 Å². The van der Waals surface area contributed by atoms with Gasteiger partial charge in [0, 0.05) is 23.5 Å². The van der Waals surface area contributed by atoms with Gasteiger partial charge in [0.15, 0.2) is 0 Å². The molecule has 0 aliphatic carbocycles. The number of nitro benzene ring substituents is 1. The van der Waals surface area contributed by atoms with Crippen molar-refractivity contribution in [1.82, 2.24) is 5.32 Å². The summed E-state index contributed by atoms with van der Waals surface area (Å²) in [6.07, 6.45) is 0. The summed E-state index contributed by atoms with van der Waals surface area (Å²) in [5, 5.41) is 14.3. The van der Waals surface area contributed by atoms with Gasteiger partial charge in [-0.25, -0.2) is 9.59 Å². The van der Waals surface area contributed by atoms with Gasteiger partial charge in [-0.2, -0.15) is 0 Å². The first kappa shape index (κ1) is 23.1. The van der Waals surface area contributed by atoms with Gasteiger partial charge in [-0.3, -0.25) is 10.1 Å². The highest BCUT2D eigenvalue weighted by molar-refractivity contribution is 5.99. The predicted molar refractivity (Wildman–Crippen MR) is 110 cm³/mol. The Kier molecular flexibility index (Phi) is 6.99. The first-order chi connectivity index (χ1) is 14.0. The van der Waals surface area contributed by atoms with Gasteiger partial charge < -0.3 is 19.3 Å². The standard InChI is InChI=1S/C21H27N3O6/c1-13-17(20(25)29-6)19(15-8-7-9-16(12-15)23(27)28)18(14(2)22-13)21(26)30-11-10-24(3,4)5/h7-9,12,19H,10-11H2,1-6H3/p+1. The third-order valence-corrected chi connectivity index (χ3v) is 4.80. The fourth-order valence-corrected chi connectivity index (χ4v) is 3.29. The summed E-state index contributed by atoms with van der Waals surface area (Å²) in [6, 6.07) is 5.88. The normalized spacial score (nSPS) is 16.8. The van der Waals surface area contributed by atoms with Crippen LogP contribution in [0.4, 0.5) is 5.69 Å². The molecule has 0 spiro atoms. The zero-order valence-corrected chi connectivity index (χ0v) is 18.1. The number of allylic oxidation sites excluding steroid dienone is 2. The van der Waals surface area contributed by atoms with E-state index in [0.29, 0.717) is 28.0 Å². The molecule has 0 saturated carbocycles. The summed E-state index contributed by atoms with van der Waals surface area (Å²) in [4.78, 5) is 36.3. The molecule has 0 bridgehead atoms. The van der Waals surface area contributed by atoms with Gasteiger partial charge in [0.2, 0.25) is 0 Å². The zero-order chi connectivity index (χ0) is 22.6. The number of dihydropyridines is 1. The van der Waals surface area contributed by atoms with E-state index < -0.39 is 22.8 Å². The number of benzene rings is 1. The second-order valence-corrected chi connectivity index (χ2v) is 8.13. The number of non-ortho nitro benzene ring substituents is 1. The molecule has 9 heteroatoms. The maximum Gasteiger partial charge on any atom is 0.336 e. The van der Waals surface area contributed by atoms with Crippen LogP contribution in [-0.2, 0) is 19.1 Å². The summed E-state index contributed by atoms with van der Waals surface area (Å²) in [6.45, 7) is 4.19. The van der Waals surface area contributed by atoms with Crippen LogP contribution in [0.2, 0.25) is 0 Å². The highest BCUT2D eigenvalue weighted by Gasteiger charge is 2.38. The zero-order valence-electron chi connectivity index (χ0n) is 18.1. The molecule has 1 aliphatic heterocycles. The Labute approximate surface area is 175 Å². The molecule has 2 rings (SSSR count). The quantitative estimate of drug-likeness (QED) is 0.313. The Bertz CT molecular complexity index is 927. The van der Waals surface area contributed by atoms with Crippen molar-refractivity contribution in [2.75, 3.05) is 41.4 Å². The Morgan fingerprint density at radius 2 is 1.73 bits per heavy atom. The van der Waals surface area contributed by atoms with Crippen molar-refractivity contribution in [1.29, 1.82) is 0 Å². The molecule has 1 unspecified atom stereocenters. The fourth-order valence-electron chi connectivity index (χ4n) is 3.29. The van der Waals surface area contributed by atoms with Crippen molar-refractivity contribution in [3.8, 4) is 0 Å². The number of nitro groups is 1. The van der Waals surface area contributed by atoms with Crippen molar-refractivity contribution in [2.45, 2.75) is 19.8 Å². The monoisotopic (exact) mass is 418 g/mol. The number of esters is 2. The molecule has 1 aromatic carbocycles. The highest BCUT2D eigenvalue weighted by atomic mass is 16.6. The number of carbonyl (C=O) groups excluding carboxylic acids is 2. The molecule has 1 N–H and O–H groups in total. The molecule has 0 amide bonds. The van der Waals surface area contributed by atoms with Gasteiger partial charge in [-0.15, -0.1) is 0 Å². The van der Waals surface area contributed by atoms with Gasteiger partial charge in [0.05, 0.1) is 50.2 Å². The van der Waals surface area contributed by atoms with E-state index in [-0.39, 0.29) is 23.4 Å². The number of rotatable bonds is 7. The number of methoxy groups -OCH3 is 1. The van der Waals surface area contributed by atoms with Gasteiger partial charge >= 0.3 is 11.9 Å². The van der Waals surface area contributed by atoms with Crippen molar-refractivity contribution < 1.29 is 28.5 Å². The van der Waals surface area contributed by atoms with E-state index >= 15 is 0 Å². The Morgan fingerprint density at radius 3 is 2.27 bits per heavy atom. The molecule has 0 fully saturated rings. The van der Waals surface area contributed by atoms with Crippen molar-refractivity contribution >= 4 is 17.6 Å². The maximum absolute atomic E-state index is 13.0. The predicted octanol–water partition coefficient (Wildman–Crippen LogP) is 2.25. The third kappa shape index (κ3) is 5.24. The topological polar surface area (TPSA) is 108 Å². The molecule has 0 saturated heterocycles. The van der Waals surface area contributed by atoms with Crippen molar-refractivity contribution in [3.63, 3.8) is 0 Å². The number of likely N-dealkylation sites (N-methyl/N-ethyl adjacent to an activating group) is 1. The van der Waals surface area contributed by atoms with Crippen LogP contribution >= 0.6 is 0 Å². The number of hydrogen-bond donors (Lipinski definition) is 1. The third-order valence-electron chi connectivity index (χ3n) is 4.80. The average Bonchev–Trinajstić information content (AvgIpc) is 2.65. The van der Waals surface area contributed by atoms with E-state index in [1.54, 1.807) is 19.9 Å². The lowest BCUT2D eigenvalue weighted by molar-refractivity contribution is -0.870. The van der Waals surface area contributed by atoms with Crippen molar-refractivity contribution in [3.05, 3.63) is 62.5 Å². The minimum Gasteiger partial charge on any atom is -0.466 e. The summed E-state index contributed by atoms with van der Waals surface area (Å²) >= 11 is 0. The number of hydrogen-bond acceptors (Lipinski definition) is 7. The number of nitrogens with one attached hydrogen (secondary N) is 1. The molecule has 1 aliphatic rings. The summed E-state index contributed by atoms with van der Waals surface area (Å²) in [5.41, 5.74) is 1.77. The lowest BCUT2D eigenvalue weighted by Crippen LogP contribution is -2.38. The van der Waals surface area contributed by atoms with Crippen LogP contribution in [0.3, 0.4) is 0 Å². The van der Waals surface area contributed by atoms with Gasteiger partial charge in [0.1, 0.15) is 13.2 Å². The largest absolute Gasteiger partial charge is 0.466 e. The fraction of sp³-hybridized carbons (Fsp3) is 0.429. The second-order valence-electron chi connectivity index (χ2n) is 8.13. The Hall–Kier alpha value is -3.20. The van der Waals surface area contributed by atoms with E-state index in [1.165, 1.54) is 25.3 Å². The number of carbonyl (C=O) groups is 2. The number of ether oxygens (including phenoxy) is 2. The van der Waals surface area contributed by atoms with Crippen LogP contribution in [0.25, 0.3) is 0 Å². The van der Waals surface area contributed by atoms with E-state index in [9.17, 15) is 19.7 Å². The molecule has 1 atom stereocenters. The highest BCUT2D eigenvalue weighted by Crippen LogP contribution is 2.40. The number of quaternary nitrogens is 1. The van der Waals surface area contributed by atoms with E-state index in [0.717, 1.165) is 0 Å². The SMILES string of the molecule is COC(=O)C1=C(C)NC(C)=C(C(=O)OCC[N+](C)(C)C)C1c1cccc([N+](=O)[O-])c1. The minimum absolute atomic E-state index is 0.136. The second kappa shape index (κ2) is 9.08. The summed E-state index contributed by atoms with van der Waals surface area (Å²) in [5.74, 6) is -2.06. The van der Waals surface area contributed by atoms with E-state index in [2.05, 4.69) is 5.32 Å². The van der Waals surface area contributed by atoms with Crippen LogP contribution in [0.15, 0.2) is 46.8 Å². The summed E-state index contributed by atoms with van der Waals surface area (Å²) < 4.78 is 11.0. The summed E-state index contributed by atoms with van der Waals surface area (Å²) in [7, 11) is 7.19. The maximum atomic E-state index is 13.0. The van der Waals surface area contributed by atoms with Gasteiger partial charge in [-0.1, -0.05) is 12.1 Å². The average molecular weight is 418 g/mol. The number of nitrogens with zero attached hydrogens (tertiary/aromatic N) is 2. The molecule has 30 heavy (non-hydrogen) atoms. The molecule has 9 nitrogen and oxygen atoms in total. The Balaban J connectivity index is 2.53. The molecule has 0 aromatic heterocycles. The molecule has 0 radical (unpaired) electrons. The molecular formula is C21H28N3O6+. The molecule has 1 aromatic rings. The van der Waals surface area contributed by atoms with Gasteiger partial charge in [0.25, 0.3) is 5.69 Å². The molecule has 162 valence electrons. The van der Waals surface area contributed by atoms with Crippen molar-refractivity contribution in [2.24, 2.45) is 0 Å². The lowest BCUT2D eigenvalue weighted by Gasteiger charge is -2.30. The molecule has 1 heterocycles. The first-order valence-corrected chi connectivity index (χ1v) is 9.45. The van der Waals surface area contributed by atoms with E-state index in [1.807, 2.05) is 21.1 Å². The van der Waals surface area contributed by atoms with Crippen LogP contribution in [0, 0.1) is 10.1 Å². The molecular weight excluding hydrogens is 390 g/mol.